The number of carbonyl (C=O) groups excluding carboxylic acids is 2. The lowest BCUT2D eigenvalue weighted by atomic mass is 10.1. The summed E-state index contributed by atoms with van der Waals surface area (Å²) in [6, 6.07) is 4.38. The first-order valence-electron chi connectivity index (χ1n) is 10.6. The first-order chi connectivity index (χ1) is 13.5. The molecule has 3 heterocycles. The van der Waals surface area contributed by atoms with Crippen molar-refractivity contribution >= 4 is 23.2 Å². The first kappa shape index (κ1) is 21.3. The van der Waals surface area contributed by atoms with Crippen LogP contribution in [0.25, 0.3) is 0 Å². The van der Waals surface area contributed by atoms with Crippen molar-refractivity contribution in [1.29, 1.82) is 0 Å². The molecule has 3 rings (SSSR count). The molecule has 0 aliphatic carbocycles. The third kappa shape index (κ3) is 4.75. The van der Waals surface area contributed by atoms with Gasteiger partial charge in [0.05, 0.1) is 18.6 Å². The average Bonchev–Trinajstić information content (AvgIpc) is 3.40. The Labute approximate surface area is 173 Å². The largest absolute Gasteiger partial charge is 0.342 e. The zero-order valence-corrected chi connectivity index (χ0v) is 18.3. The van der Waals surface area contributed by atoms with E-state index in [-0.39, 0.29) is 23.9 Å². The number of hydrogen-bond acceptors (Lipinski definition) is 5. The number of hydrogen-bond donors (Lipinski definition) is 0. The van der Waals surface area contributed by atoms with Gasteiger partial charge < -0.3 is 9.80 Å². The van der Waals surface area contributed by atoms with Crippen LogP contribution in [0, 0.1) is 0 Å². The second-order valence-corrected chi connectivity index (χ2v) is 8.74. The normalized spacial score (nSPS) is 22.4. The minimum atomic E-state index is -0.0961. The molecule has 1 aromatic rings. The minimum absolute atomic E-state index is 0.0961. The van der Waals surface area contributed by atoms with E-state index in [0.29, 0.717) is 6.54 Å². The van der Waals surface area contributed by atoms with Gasteiger partial charge in [0, 0.05) is 50.7 Å². The highest BCUT2D eigenvalue weighted by molar-refractivity contribution is 7.10. The standard InChI is InChI=1S/C21H34N4O2S/c1-4-23(5-2)20(26)16-22-11-13-24(14-12-22)17(3)21(27)25-10-6-8-18(25)19-9-7-15-28-19/h7,9,15,17-18H,4-6,8,10-14,16H2,1-3H3. The summed E-state index contributed by atoms with van der Waals surface area (Å²) in [7, 11) is 0. The molecule has 156 valence electrons. The Morgan fingerprint density at radius 2 is 1.89 bits per heavy atom. The molecular formula is C21H34N4O2S. The maximum atomic E-state index is 13.2. The average molecular weight is 407 g/mol. The number of amides is 2. The Hall–Kier alpha value is -1.44. The zero-order chi connectivity index (χ0) is 20.1. The van der Waals surface area contributed by atoms with Gasteiger partial charge in [0.15, 0.2) is 0 Å². The topological polar surface area (TPSA) is 47.1 Å². The molecule has 0 spiro atoms. The molecule has 2 fully saturated rings. The van der Waals surface area contributed by atoms with Crippen LogP contribution >= 0.6 is 11.3 Å². The maximum Gasteiger partial charge on any atom is 0.240 e. The van der Waals surface area contributed by atoms with E-state index in [1.165, 1.54) is 4.88 Å². The van der Waals surface area contributed by atoms with Crippen LogP contribution in [0.3, 0.4) is 0 Å². The molecule has 2 amide bonds. The van der Waals surface area contributed by atoms with Crippen LogP contribution in [0.2, 0.25) is 0 Å². The van der Waals surface area contributed by atoms with Gasteiger partial charge in [-0.15, -0.1) is 11.3 Å². The molecule has 2 saturated heterocycles. The molecule has 7 heteroatoms. The lowest BCUT2D eigenvalue weighted by Gasteiger charge is -2.39. The van der Waals surface area contributed by atoms with E-state index in [0.717, 1.165) is 58.7 Å². The van der Waals surface area contributed by atoms with Crippen LogP contribution in [-0.2, 0) is 9.59 Å². The van der Waals surface area contributed by atoms with Gasteiger partial charge in [-0.05, 0) is 45.1 Å². The summed E-state index contributed by atoms with van der Waals surface area (Å²) in [6.45, 7) is 12.4. The lowest BCUT2D eigenvalue weighted by Crippen LogP contribution is -2.55. The third-order valence-electron chi connectivity index (χ3n) is 6.19. The van der Waals surface area contributed by atoms with Crippen molar-refractivity contribution in [3.05, 3.63) is 22.4 Å². The smallest absolute Gasteiger partial charge is 0.240 e. The summed E-state index contributed by atoms with van der Waals surface area (Å²) < 4.78 is 0. The van der Waals surface area contributed by atoms with Crippen molar-refractivity contribution in [2.75, 3.05) is 52.4 Å². The lowest BCUT2D eigenvalue weighted by molar-refractivity contribution is -0.139. The molecule has 6 nitrogen and oxygen atoms in total. The number of thiophene rings is 1. The summed E-state index contributed by atoms with van der Waals surface area (Å²) in [5.74, 6) is 0.460. The molecule has 2 unspecified atom stereocenters. The predicted molar refractivity (Wildman–Crippen MR) is 113 cm³/mol. The van der Waals surface area contributed by atoms with E-state index in [9.17, 15) is 9.59 Å². The highest BCUT2D eigenvalue weighted by Gasteiger charge is 2.35. The van der Waals surface area contributed by atoms with Crippen LogP contribution in [0.4, 0.5) is 0 Å². The van der Waals surface area contributed by atoms with Crippen LogP contribution in [0.5, 0.6) is 0 Å². The van der Waals surface area contributed by atoms with E-state index < -0.39 is 0 Å². The fourth-order valence-corrected chi connectivity index (χ4v) is 5.25. The fraction of sp³-hybridized carbons (Fsp3) is 0.714. The van der Waals surface area contributed by atoms with Gasteiger partial charge in [0.25, 0.3) is 0 Å². The van der Waals surface area contributed by atoms with Crippen LogP contribution in [0.15, 0.2) is 17.5 Å². The molecule has 2 aliphatic rings. The highest BCUT2D eigenvalue weighted by Crippen LogP contribution is 2.35. The summed E-state index contributed by atoms with van der Waals surface area (Å²) in [5.41, 5.74) is 0. The first-order valence-corrected chi connectivity index (χ1v) is 11.5. The fourth-order valence-electron chi connectivity index (χ4n) is 4.38. The van der Waals surface area contributed by atoms with Crippen LogP contribution in [-0.4, -0.2) is 89.8 Å². The van der Waals surface area contributed by atoms with E-state index in [1.807, 2.05) is 25.7 Å². The number of likely N-dealkylation sites (N-methyl/N-ethyl adjacent to an activating group) is 1. The molecule has 2 aliphatic heterocycles. The van der Waals surface area contributed by atoms with Crippen molar-refractivity contribution in [2.45, 2.75) is 45.7 Å². The Balaban J connectivity index is 1.51. The zero-order valence-electron chi connectivity index (χ0n) is 17.5. The van der Waals surface area contributed by atoms with E-state index in [2.05, 4.69) is 32.2 Å². The molecule has 2 atom stereocenters. The van der Waals surface area contributed by atoms with Gasteiger partial charge in [-0.3, -0.25) is 19.4 Å². The number of carbonyl (C=O) groups is 2. The van der Waals surface area contributed by atoms with Crippen molar-refractivity contribution in [1.82, 2.24) is 19.6 Å². The molecule has 1 aromatic heterocycles. The van der Waals surface area contributed by atoms with E-state index in [4.69, 9.17) is 0 Å². The van der Waals surface area contributed by atoms with Crippen molar-refractivity contribution < 1.29 is 9.59 Å². The summed E-state index contributed by atoms with van der Waals surface area (Å²) in [6.07, 6.45) is 2.16. The van der Waals surface area contributed by atoms with Gasteiger partial charge >= 0.3 is 0 Å². The quantitative estimate of drug-likeness (QED) is 0.697. The number of likely N-dealkylation sites (tertiary alicyclic amines) is 1. The molecule has 0 radical (unpaired) electrons. The van der Waals surface area contributed by atoms with Gasteiger partial charge in [0.1, 0.15) is 0 Å². The molecular weight excluding hydrogens is 372 g/mol. The van der Waals surface area contributed by atoms with E-state index >= 15 is 0 Å². The van der Waals surface area contributed by atoms with Gasteiger partial charge in [0.2, 0.25) is 11.8 Å². The van der Waals surface area contributed by atoms with Crippen LogP contribution < -0.4 is 0 Å². The predicted octanol–water partition coefficient (Wildman–Crippen LogP) is 2.29. The van der Waals surface area contributed by atoms with Gasteiger partial charge in [-0.1, -0.05) is 6.07 Å². The molecule has 28 heavy (non-hydrogen) atoms. The molecule has 0 aromatic carbocycles. The number of rotatable bonds is 7. The summed E-state index contributed by atoms with van der Waals surface area (Å²) in [4.78, 5) is 35.3. The summed E-state index contributed by atoms with van der Waals surface area (Å²) in [5, 5.41) is 2.10. The highest BCUT2D eigenvalue weighted by atomic mass is 32.1. The number of nitrogens with zero attached hydrogens (tertiary/aromatic N) is 4. The number of piperazine rings is 1. The Bertz CT molecular complexity index is 639. The second-order valence-electron chi connectivity index (χ2n) is 7.76. The molecule has 0 saturated carbocycles. The minimum Gasteiger partial charge on any atom is -0.342 e. The Morgan fingerprint density at radius 1 is 1.18 bits per heavy atom. The Morgan fingerprint density at radius 3 is 2.50 bits per heavy atom. The van der Waals surface area contributed by atoms with Crippen molar-refractivity contribution in [2.24, 2.45) is 0 Å². The second kappa shape index (κ2) is 9.85. The van der Waals surface area contributed by atoms with Crippen molar-refractivity contribution in [3.63, 3.8) is 0 Å². The third-order valence-corrected chi connectivity index (χ3v) is 7.17. The molecule has 0 N–H and O–H groups in total. The monoisotopic (exact) mass is 406 g/mol. The maximum absolute atomic E-state index is 13.2. The SMILES string of the molecule is CCN(CC)C(=O)CN1CCN(C(C)C(=O)N2CCCC2c2cccs2)CC1. The van der Waals surface area contributed by atoms with Gasteiger partial charge in [-0.25, -0.2) is 0 Å². The Kier molecular flexibility index (Phi) is 7.48. The van der Waals surface area contributed by atoms with E-state index in [1.54, 1.807) is 11.3 Å². The van der Waals surface area contributed by atoms with Gasteiger partial charge in [-0.2, -0.15) is 0 Å². The van der Waals surface area contributed by atoms with Crippen molar-refractivity contribution in [3.8, 4) is 0 Å². The van der Waals surface area contributed by atoms with Crippen LogP contribution in [0.1, 0.15) is 44.5 Å². The molecule has 0 bridgehead atoms. The summed E-state index contributed by atoms with van der Waals surface area (Å²) >= 11 is 1.75.